The van der Waals surface area contributed by atoms with Crippen molar-refractivity contribution in [3.63, 3.8) is 0 Å². The Labute approximate surface area is 163 Å². The second-order valence-corrected chi connectivity index (χ2v) is 9.38. The summed E-state index contributed by atoms with van der Waals surface area (Å²) in [4.78, 5) is 14.6. The van der Waals surface area contributed by atoms with Crippen molar-refractivity contribution in [2.24, 2.45) is 5.92 Å². The number of nitrogens with zero attached hydrogens (tertiary/aromatic N) is 3. The Hall–Kier alpha value is -1.60. The van der Waals surface area contributed by atoms with Crippen LogP contribution >= 0.6 is 23.1 Å². The lowest BCUT2D eigenvalue weighted by atomic mass is 9.99. The Bertz CT molecular complexity index is 723. The Morgan fingerprint density at radius 2 is 2.00 bits per heavy atom. The van der Waals surface area contributed by atoms with E-state index in [0.717, 1.165) is 53.4 Å². The van der Waals surface area contributed by atoms with E-state index < -0.39 is 0 Å². The molecule has 1 amide bonds. The first-order valence-electron chi connectivity index (χ1n) is 9.20. The van der Waals surface area contributed by atoms with Crippen molar-refractivity contribution in [3.05, 3.63) is 29.8 Å². The fraction of sp³-hybridized carbons (Fsp3) is 0.526. The summed E-state index contributed by atoms with van der Waals surface area (Å²) in [5.41, 5.74) is 2.31. The van der Waals surface area contributed by atoms with E-state index in [2.05, 4.69) is 53.6 Å². The average molecular weight is 391 g/mol. The van der Waals surface area contributed by atoms with E-state index in [1.54, 1.807) is 0 Å². The van der Waals surface area contributed by atoms with E-state index in [9.17, 15) is 4.79 Å². The molecule has 1 saturated heterocycles. The van der Waals surface area contributed by atoms with Crippen LogP contribution in [-0.2, 0) is 11.2 Å². The predicted octanol–water partition coefficient (Wildman–Crippen LogP) is 4.58. The van der Waals surface area contributed by atoms with Crippen molar-refractivity contribution in [2.45, 2.75) is 49.6 Å². The van der Waals surface area contributed by atoms with E-state index in [1.165, 1.54) is 28.7 Å². The molecule has 2 aromatic rings. The Kier molecular flexibility index (Phi) is 6.53. The van der Waals surface area contributed by atoms with Gasteiger partial charge in [0.2, 0.25) is 11.0 Å². The first-order valence-corrected chi connectivity index (χ1v) is 10.9. The number of likely N-dealkylation sites (tertiary alicyclic amines) is 1. The molecule has 1 aliphatic rings. The van der Waals surface area contributed by atoms with Crippen LogP contribution in [0.4, 0.5) is 10.8 Å². The van der Waals surface area contributed by atoms with Crippen LogP contribution in [0.2, 0.25) is 0 Å². The fourth-order valence-electron chi connectivity index (χ4n) is 2.94. The Balaban J connectivity index is 1.54. The number of aromatic nitrogens is 2. The van der Waals surface area contributed by atoms with E-state index in [0.29, 0.717) is 0 Å². The summed E-state index contributed by atoms with van der Waals surface area (Å²) >= 11 is 2.99. The van der Waals surface area contributed by atoms with Gasteiger partial charge in [0.15, 0.2) is 4.34 Å². The largest absolute Gasteiger partial charge is 0.342 e. The number of carbonyl (C=O) groups excluding carboxylic acids is 1. The summed E-state index contributed by atoms with van der Waals surface area (Å²) in [6.07, 6.45) is 3.24. The van der Waals surface area contributed by atoms with E-state index in [-0.39, 0.29) is 11.2 Å². The van der Waals surface area contributed by atoms with Crippen molar-refractivity contribution in [1.82, 2.24) is 15.1 Å². The van der Waals surface area contributed by atoms with Gasteiger partial charge >= 0.3 is 0 Å². The third-order valence-corrected chi connectivity index (χ3v) is 6.75. The molecule has 3 rings (SSSR count). The molecule has 1 aromatic carbocycles. The molecule has 0 bridgehead atoms. The standard InChI is InChI=1S/C19H26N4OS2/c1-4-15-5-7-16(8-6-15)20-18-21-22-19(26-18)25-14(3)17(24)23-11-9-13(2)10-12-23/h5-8,13-14H,4,9-12H2,1-3H3,(H,20,21). The summed E-state index contributed by atoms with van der Waals surface area (Å²) in [5.74, 6) is 0.937. The van der Waals surface area contributed by atoms with Crippen LogP contribution in [-0.4, -0.2) is 39.3 Å². The van der Waals surface area contributed by atoms with Crippen LogP contribution < -0.4 is 5.32 Å². The van der Waals surface area contributed by atoms with Crippen LogP contribution in [0.25, 0.3) is 0 Å². The summed E-state index contributed by atoms with van der Waals surface area (Å²) in [5, 5.41) is 12.3. The summed E-state index contributed by atoms with van der Waals surface area (Å²) in [6.45, 7) is 8.11. The van der Waals surface area contributed by atoms with E-state index >= 15 is 0 Å². The second kappa shape index (κ2) is 8.86. The quantitative estimate of drug-likeness (QED) is 0.732. The molecular formula is C19H26N4OS2. The highest BCUT2D eigenvalue weighted by Crippen LogP contribution is 2.31. The number of thioether (sulfide) groups is 1. The molecule has 0 radical (unpaired) electrons. The molecule has 0 saturated carbocycles. The number of benzene rings is 1. The molecule has 1 atom stereocenters. The number of rotatable bonds is 6. The van der Waals surface area contributed by atoms with E-state index in [1.807, 2.05) is 11.8 Å². The van der Waals surface area contributed by atoms with Crippen LogP contribution in [0.15, 0.2) is 28.6 Å². The van der Waals surface area contributed by atoms with Crippen molar-refractivity contribution in [2.75, 3.05) is 18.4 Å². The van der Waals surface area contributed by atoms with Crippen molar-refractivity contribution in [3.8, 4) is 0 Å². The Morgan fingerprint density at radius 1 is 1.31 bits per heavy atom. The van der Waals surface area contributed by atoms with E-state index in [4.69, 9.17) is 0 Å². The molecule has 0 aliphatic carbocycles. The molecule has 0 spiro atoms. The van der Waals surface area contributed by atoms with Gasteiger partial charge < -0.3 is 10.2 Å². The SMILES string of the molecule is CCc1ccc(Nc2nnc(SC(C)C(=O)N3CCC(C)CC3)s2)cc1. The molecule has 7 heteroatoms. The van der Waals surface area contributed by atoms with Crippen LogP contribution in [0.5, 0.6) is 0 Å². The molecule has 1 aromatic heterocycles. The molecule has 1 N–H and O–H groups in total. The van der Waals surface area contributed by atoms with Gasteiger partial charge in [0.05, 0.1) is 5.25 Å². The first-order chi connectivity index (χ1) is 12.5. The molecule has 2 heterocycles. The molecule has 26 heavy (non-hydrogen) atoms. The van der Waals surface area contributed by atoms with Gasteiger partial charge in [-0.2, -0.15) is 0 Å². The fourth-order valence-corrected chi connectivity index (χ4v) is 4.94. The van der Waals surface area contributed by atoms with Gasteiger partial charge in [0, 0.05) is 18.8 Å². The van der Waals surface area contributed by atoms with Gasteiger partial charge in [-0.3, -0.25) is 4.79 Å². The van der Waals surface area contributed by atoms with Gasteiger partial charge in [-0.05, 0) is 49.8 Å². The Morgan fingerprint density at radius 3 is 2.65 bits per heavy atom. The number of hydrogen-bond acceptors (Lipinski definition) is 6. The van der Waals surface area contributed by atoms with Gasteiger partial charge in [-0.25, -0.2) is 0 Å². The maximum Gasteiger partial charge on any atom is 0.235 e. The predicted molar refractivity (Wildman–Crippen MR) is 109 cm³/mol. The molecule has 5 nitrogen and oxygen atoms in total. The molecule has 1 aliphatic heterocycles. The topological polar surface area (TPSA) is 58.1 Å². The van der Waals surface area contributed by atoms with Gasteiger partial charge in [0.1, 0.15) is 0 Å². The van der Waals surface area contributed by atoms with Gasteiger partial charge in [-0.1, -0.05) is 49.1 Å². The maximum absolute atomic E-state index is 12.6. The minimum Gasteiger partial charge on any atom is -0.342 e. The summed E-state index contributed by atoms with van der Waals surface area (Å²) in [7, 11) is 0. The van der Waals surface area contributed by atoms with Gasteiger partial charge in [-0.15, -0.1) is 10.2 Å². The highest BCUT2D eigenvalue weighted by atomic mass is 32.2. The smallest absolute Gasteiger partial charge is 0.235 e. The minimum atomic E-state index is -0.131. The number of aryl methyl sites for hydroxylation is 1. The first kappa shape index (κ1) is 19.2. The van der Waals surface area contributed by atoms with Crippen molar-refractivity contribution in [1.29, 1.82) is 0 Å². The number of nitrogens with one attached hydrogen (secondary N) is 1. The second-order valence-electron chi connectivity index (χ2n) is 6.82. The number of piperidine rings is 1. The molecule has 1 unspecified atom stereocenters. The number of amides is 1. The number of hydrogen-bond donors (Lipinski definition) is 1. The molecule has 1 fully saturated rings. The zero-order valence-electron chi connectivity index (χ0n) is 15.6. The molecule has 140 valence electrons. The third-order valence-electron chi connectivity index (χ3n) is 4.74. The summed E-state index contributed by atoms with van der Waals surface area (Å²) in [6, 6.07) is 8.32. The monoisotopic (exact) mass is 390 g/mol. The average Bonchev–Trinajstić information content (AvgIpc) is 3.09. The minimum absolute atomic E-state index is 0.131. The lowest BCUT2D eigenvalue weighted by molar-refractivity contribution is -0.131. The highest BCUT2D eigenvalue weighted by molar-refractivity contribution is 8.02. The summed E-state index contributed by atoms with van der Waals surface area (Å²) < 4.78 is 0.823. The number of anilines is 2. The maximum atomic E-state index is 12.6. The van der Waals surface area contributed by atoms with Crippen LogP contribution in [0.1, 0.15) is 39.2 Å². The zero-order valence-corrected chi connectivity index (χ0v) is 17.2. The normalized spacial score (nSPS) is 16.5. The highest BCUT2D eigenvalue weighted by Gasteiger charge is 2.26. The lowest BCUT2D eigenvalue weighted by Crippen LogP contribution is -2.41. The zero-order chi connectivity index (χ0) is 18.5. The lowest BCUT2D eigenvalue weighted by Gasteiger charge is -2.31. The van der Waals surface area contributed by atoms with Crippen molar-refractivity contribution >= 4 is 39.8 Å². The third kappa shape index (κ3) is 4.98. The van der Waals surface area contributed by atoms with Gasteiger partial charge in [0.25, 0.3) is 0 Å². The van der Waals surface area contributed by atoms with Crippen LogP contribution in [0.3, 0.4) is 0 Å². The van der Waals surface area contributed by atoms with Crippen LogP contribution in [0, 0.1) is 5.92 Å². The van der Waals surface area contributed by atoms with Crippen molar-refractivity contribution < 1.29 is 4.79 Å². The molecular weight excluding hydrogens is 364 g/mol. The number of carbonyl (C=O) groups is 1.